The van der Waals surface area contributed by atoms with Gasteiger partial charge in [0.15, 0.2) is 0 Å². The van der Waals surface area contributed by atoms with E-state index in [1.165, 1.54) is 49.9 Å². The van der Waals surface area contributed by atoms with Crippen molar-refractivity contribution < 1.29 is 4.74 Å². The van der Waals surface area contributed by atoms with E-state index in [2.05, 4.69) is 118 Å². The Kier molecular flexibility index (Phi) is 8.14. The van der Waals surface area contributed by atoms with Gasteiger partial charge in [-0.05, 0) is 135 Å². The van der Waals surface area contributed by atoms with Crippen molar-refractivity contribution in [2.24, 2.45) is 0 Å². The molecule has 0 atom stereocenters. The minimum atomic E-state index is 0.752. The summed E-state index contributed by atoms with van der Waals surface area (Å²) in [4.78, 5) is 4.73. The van der Waals surface area contributed by atoms with Gasteiger partial charge in [0.2, 0.25) is 0 Å². The Morgan fingerprint density at radius 2 is 1.32 bits per heavy atom. The van der Waals surface area contributed by atoms with Crippen LogP contribution in [0.1, 0.15) is 33.4 Å². The monoisotopic (exact) mass is 654 g/mol. The van der Waals surface area contributed by atoms with Crippen molar-refractivity contribution in [1.29, 1.82) is 0 Å². The molecule has 0 aliphatic rings. The van der Waals surface area contributed by atoms with Crippen LogP contribution in [-0.4, -0.2) is 31.8 Å². The van der Waals surface area contributed by atoms with Gasteiger partial charge in [-0.15, -0.1) is 23.5 Å². The first-order chi connectivity index (χ1) is 22.7. The van der Waals surface area contributed by atoms with Crippen LogP contribution in [0.4, 0.5) is 0 Å². The second kappa shape index (κ2) is 12.3. The topological polar surface area (TPSA) is 44.9 Å². The van der Waals surface area contributed by atoms with Gasteiger partial charge in [0.25, 0.3) is 0 Å². The molecule has 7 rings (SSSR count). The zero-order chi connectivity index (χ0) is 33.0. The first kappa shape index (κ1) is 31.2. The molecule has 3 aromatic heterocycles. The zero-order valence-corrected chi connectivity index (χ0v) is 29.7. The summed E-state index contributed by atoms with van der Waals surface area (Å²) in [5.74, 6) is 2.41. The molecular weight excluding hydrogens is 617 g/mol. The smallest absolute Gasteiger partial charge is 0.137 e. The van der Waals surface area contributed by atoms with E-state index in [1.54, 1.807) is 23.5 Å². The number of benzene rings is 4. The number of aryl methyl sites for hydroxylation is 1. The Morgan fingerprint density at radius 3 is 2.04 bits per heavy atom. The number of nitrogens with zero attached hydrogens (tertiary/aromatic N) is 4. The number of aromatic nitrogens is 4. The zero-order valence-electron chi connectivity index (χ0n) is 28.1. The molecule has 0 radical (unpaired) electrons. The Bertz CT molecular complexity index is 2300. The summed E-state index contributed by atoms with van der Waals surface area (Å²) >= 11 is 3.43. The predicted octanol–water partition coefficient (Wildman–Crippen LogP) is 11.1. The number of hydrogen-bond acceptors (Lipinski definition) is 5. The molecule has 0 amide bonds. The molecule has 0 saturated heterocycles. The van der Waals surface area contributed by atoms with Crippen LogP contribution in [-0.2, 0) is 0 Å². The lowest BCUT2D eigenvalue weighted by Crippen LogP contribution is -2.01. The molecule has 0 aliphatic heterocycles. The van der Waals surface area contributed by atoms with E-state index in [1.807, 2.05) is 30.5 Å². The van der Waals surface area contributed by atoms with Gasteiger partial charge in [0.1, 0.15) is 27.4 Å². The SMILES string of the molecule is CSc1nn(-c2cccc(Oc3ccc4c5ccccc5n(-c5cc(C)ccn5)c4c3)c2)c(SC)c1-c1c(C)c(C)c(C)c(C)c1C. The van der Waals surface area contributed by atoms with Crippen molar-refractivity contribution in [3.8, 4) is 34.1 Å². The summed E-state index contributed by atoms with van der Waals surface area (Å²) in [5.41, 5.74) is 13.5. The van der Waals surface area contributed by atoms with E-state index >= 15 is 0 Å². The highest BCUT2D eigenvalue weighted by atomic mass is 32.2. The molecule has 5 nitrogen and oxygen atoms in total. The summed E-state index contributed by atoms with van der Waals surface area (Å²) in [5, 5.41) is 9.67. The van der Waals surface area contributed by atoms with E-state index in [4.69, 9.17) is 14.8 Å². The number of ether oxygens (including phenoxy) is 1. The number of rotatable bonds is 7. The molecule has 0 N–H and O–H groups in total. The van der Waals surface area contributed by atoms with Crippen LogP contribution in [0.3, 0.4) is 0 Å². The van der Waals surface area contributed by atoms with E-state index in [9.17, 15) is 0 Å². The number of pyridine rings is 1. The number of hydrogen-bond donors (Lipinski definition) is 0. The maximum absolute atomic E-state index is 6.58. The highest BCUT2D eigenvalue weighted by Gasteiger charge is 2.25. The Balaban J connectivity index is 1.32. The van der Waals surface area contributed by atoms with Crippen LogP contribution >= 0.6 is 23.5 Å². The molecule has 0 aliphatic carbocycles. The molecule has 0 saturated carbocycles. The molecule has 0 fully saturated rings. The molecular formula is C40H38N4OS2. The fraction of sp³-hybridized carbons (Fsp3) is 0.200. The van der Waals surface area contributed by atoms with Gasteiger partial charge in [-0.2, -0.15) is 5.10 Å². The molecule has 3 heterocycles. The van der Waals surface area contributed by atoms with Crippen molar-refractivity contribution in [2.45, 2.75) is 51.6 Å². The molecule has 236 valence electrons. The lowest BCUT2D eigenvalue weighted by molar-refractivity contribution is 0.482. The second-order valence-corrected chi connectivity index (χ2v) is 13.7. The van der Waals surface area contributed by atoms with Crippen molar-refractivity contribution >= 4 is 45.3 Å². The first-order valence-electron chi connectivity index (χ1n) is 15.7. The third kappa shape index (κ3) is 5.22. The third-order valence-corrected chi connectivity index (χ3v) is 11.0. The fourth-order valence-electron chi connectivity index (χ4n) is 6.70. The van der Waals surface area contributed by atoms with Crippen LogP contribution in [0.2, 0.25) is 0 Å². The molecule has 7 aromatic rings. The summed E-state index contributed by atoms with van der Waals surface area (Å²) < 4.78 is 10.9. The van der Waals surface area contributed by atoms with E-state index in [0.717, 1.165) is 49.5 Å². The van der Waals surface area contributed by atoms with Gasteiger partial charge in [0.05, 0.1) is 16.7 Å². The second-order valence-electron chi connectivity index (χ2n) is 12.1. The standard InChI is InChI=1S/C40H38N4OS2/c1-23-18-19-41-36(20-23)43-34-15-10-9-14-32(34)33-17-16-31(22-35(33)43)45-30-13-11-12-29(21-30)44-40(47-8)38(39(42-44)46-7)37-27(5)25(3)24(2)26(4)28(37)6/h9-22H,1-8H3. The predicted molar refractivity (Wildman–Crippen MR) is 200 cm³/mol. The molecule has 0 spiro atoms. The van der Waals surface area contributed by atoms with Crippen molar-refractivity contribution in [3.05, 3.63) is 118 Å². The quantitative estimate of drug-likeness (QED) is 0.160. The third-order valence-electron chi connectivity index (χ3n) is 9.52. The minimum Gasteiger partial charge on any atom is -0.457 e. The maximum Gasteiger partial charge on any atom is 0.137 e. The lowest BCUT2D eigenvalue weighted by Gasteiger charge is -2.19. The molecule has 4 aromatic carbocycles. The average Bonchev–Trinajstić information content (AvgIpc) is 3.62. The highest BCUT2D eigenvalue weighted by molar-refractivity contribution is 7.99. The number of fused-ring (bicyclic) bond motifs is 3. The Hall–Kier alpha value is -4.46. The normalized spacial score (nSPS) is 11.6. The number of thioether (sulfide) groups is 2. The summed E-state index contributed by atoms with van der Waals surface area (Å²) in [6, 6.07) is 27.2. The van der Waals surface area contributed by atoms with Gasteiger partial charge in [-0.3, -0.25) is 4.57 Å². The highest BCUT2D eigenvalue weighted by Crippen LogP contribution is 2.44. The van der Waals surface area contributed by atoms with Crippen molar-refractivity contribution in [3.63, 3.8) is 0 Å². The lowest BCUT2D eigenvalue weighted by atomic mass is 9.87. The van der Waals surface area contributed by atoms with Crippen LogP contribution < -0.4 is 4.74 Å². The van der Waals surface area contributed by atoms with Crippen molar-refractivity contribution in [2.75, 3.05) is 12.5 Å². The van der Waals surface area contributed by atoms with Crippen LogP contribution in [0, 0.1) is 41.5 Å². The van der Waals surface area contributed by atoms with Gasteiger partial charge in [-0.25, -0.2) is 9.67 Å². The Labute approximate surface area is 285 Å². The van der Waals surface area contributed by atoms with Crippen LogP contribution in [0.15, 0.2) is 95.1 Å². The molecule has 7 heteroatoms. The van der Waals surface area contributed by atoms with Crippen molar-refractivity contribution in [1.82, 2.24) is 19.3 Å². The first-order valence-corrected chi connectivity index (χ1v) is 18.2. The Morgan fingerprint density at radius 1 is 0.617 bits per heavy atom. The van der Waals surface area contributed by atoms with Gasteiger partial charge < -0.3 is 4.74 Å². The summed E-state index contributed by atoms with van der Waals surface area (Å²) in [7, 11) is 0. The summed E-state index contributed by atoms with van der Waals surface area (Å²) in [6.07, 6.45) is 6.12. The average molecular weight is 655 g/mol. The minimum absolute atomic E-state index is 0.752. The molecule has 0 unspecified atom stereocenters. The molecule has 47 heavy (non-hydrogen) atoms. The van der Waals surface area contributed by atoms with E-state index in [0.29, 0.717) is 0 Å². The largest absolute Gasteiger partial charge is 0.457 e. The van der Waals surface area contributed by atoms with Crippen LogP contribution in [0.5, 0.6) is 11.5 Å². The van der Waals surface area contributed by atoms with E-state index < -0.39 is 0 Å². The molecule has 0 bridgehead atoms. The van der Waals surface area contributed by atoms with Gasteiger partial charge >= 0.3 is 0 Å². The summed E-state index contributed by atoms with van der Waals surface area (Å²) in [6.45, 7) is 13.3. The number of para-hydroxylation sites is 1. The maximum atomic E-state index is 6.58. The van der Waals surface area contributed by atoms with Gasteiger partial charge in [-0.1, -0.05) is 24.3 Å². The fourth-order valence-corrected chi connectivity index (χ4v) is 8.05. The van der Waals surface area contributed by atoms with Gasteiger partial charge in [0, 0.05) is 34.7 Å². The van der Waals surface area contributed by atoms with E-state index in [-0.39, 0.29) is 0 Å². The van der Waals surface area contributed by atoms with Crippen LogP contribution in [0.25, 0.3) is 44.4 Å².